The third-order valence-corrected chi connectivity index (χ3v) is 4.60. The van der Waals surface area contributed by atoms with E-state index in [0.29, 0.717) is 12.8 Å². The molecule has 1 N–H and O–H groups in total. The van der Waals surface area contributed by atoms with Crippen molar-refractivity contribution >= 4 is 15.7 Å². The minimum atomic E-state index is -3.57. The highest BCUT2D eigenvalue weighted by Gasteiger charge is 2.31. The summed E-state index contributed by atoms with van der Waals surface area (Å²) in [5.41, 5.74) is 0. The topological polar surface area (TPSA) is 81.8 Å². The smallest absolute Gasteiger partial charge is 0.204 e. The molecular weight excluding hydrogens is 200 g/mol. The highest BCUT2D eigenvalue weighted by atomic mass is 32.2. The summed E-state index contributed by atoms with van der Waals surface area (Å²) in [6.07, 6.45) is 4.05. The van der Waals surface area contributed by atoms with E-state index in [9.17, 15) is 8.42 Å². The summed E-state index contributed by atoms with van der Waals surface area (Å²) < 4.78 is 23.4. The number of rotatable bonds is 2. The summed E-state index contributed by atoms with van der Waals surface area (Å²) in [6.45, 7) is 0. The summed E-state index contributed by atoms with van der Waals surface area (Å²) in [5, 5.41) is 14.8. The quantitative estimate of drug-likeness (QED) is 0.554. The Morgan fingerprint density at radius 2 is 1.86 bits per heavy atom. The second-order valence-electron chi connectivity index (χ2n) is 3.37. The molecule has 1 fully saturated rings. The fourth-order valence-corrected chi connectivity index (χ4v) is 3.26. The van der Waals surface area contributed by atoms with Gasteiger partial charge in [0.1, 0.15) is 6.07 Å². The number of allylic oxidation sites excluding steroid dienone is 1. The zero-order chi connectivity index (χ0) is 10.6. The molecular formula is C9H12N2O2S. The van der Waals surface area contributed by atoms with Gasteiger partial charge in [-0.2, -0.15) is 5.26 Å². The molecule has 1 saturated carbocycles. The Morgan fingerprint density at radius 1 is 1.29 bits per heavy atom. The van der Waals surface area contributed by atoms with Gasteiger partial charge in [0.25, 0.3) is 0 Å². The first kappa shape index (κ1) is 11.0. The zero-order valence-electron chi connectivity index (χ0n) is 7.78. The SMILES string of the molecule is N#CC(=C=N)S(=O)(=O)C1CCCCC1. The largest absolute Gasteiger partial charge is 0.257 e. The Kier molecular flexibility index (Phi) is 3.45. The lowest BCUT2D eigenvalue weighted by molar-refractivity contribution is 0.487. The van der Waals surface area contributed by atoms with Crippen LogP contribution in [-0.4, -0.2) is 19.5 Å². The molecule has 76 valence electrons. The van der Waals surface area contributed by atoms with E-state index in [2.05, 4.69) is 0 Å². The van der Waals surface area contributed by atoms with E-state index >= 15 is 0 Å². The molecule has 0 saturated heterocycles. The van der Waals surface area contributed by atoms with Crippen molar-refractivity contribution in [2.75, 3.05) is 0 Å². The van der Waals surface area contributed by atoms with E-state index in [0.717, 1.165) is 19.3 Å². The Morgan fingerprint density at radius 3 is 2.29 bits per heavy atom. The van der Waals surface area contributed by atoms with Crippen LogP contribution in [0.1, 0.15) is 32.1 Å². The van der Waals surface area contributed by atoms with Crippen molar-refractivity contribution < 1.29 is 8.42 Å². The molecule has 0 unspecified atom stereocenters. The van der Waals surface area contributed by atoms with Gasteiger partial charge in [-0.25, -0.2) is 8.42 Å². The number of nitrogens with one attached hydrogen (secondary N) is 1. The van der Waals surface area contributed by atoms with E-state index in [1.165, 1.54) is 6.07 Å². The van der Waals surface area contributed by atoms with Gasteiger partial charge < -0.3 is 0 Å². The molecule has 5 heteroatoms. The molecule has 14 heavy (non-hydrogen) atoms. The first-order valence-corrected chi connectivity index (χ1v) is 6.11. The monoisotopic (exact) mass is 212 g/mol. The average molecular weight is 212 g/mol. The maximum atomic E-state index is 11.7. The summed E-state index contributed by atoms with van der Waals surface area (Å²) in [7, 11) is -3.57. The van der Waals surface area contributed by atoms with Crippen LogP contribution in [0.15, 0.2) is 4.91 Å². The molecule has 1 rings (SSSR count). The second-order valence-corrected chi connectivity index (χ2v) is 5.54. The summed E-state index contributed by atoms with van der Waals surface area (Å²) in [5.74, 6) is 1.71. The third-order valence-electron chi connectivity index (χ3n) is 2.49. The Balaban J connectivity index is 2.95. The van der Waals surface area contributed by atoms with Crippen molar-refractivity contribution in [3.63, 3.8) is 0 Å². The molecule has 0 amide bonds. The maximum Gasteiger partial charge on any atom is 0.204 e. The van der Waals surface area contributed by atoms with Gasteiger partial charge in [-0.15, -0.1) is 0 Å². The Labute approximate surface area is 83.7 Å². The second kappa shape index (κ2) is 4.41. The van der Waals surface area contributed by atoms with Crippen molar-refractivity contribution in [3.05, 3.63) is 4.91 Å². The number of sulfone groups is 1. The summed E-state index contributed by atoms with van der Waals surface area (Å²) >= 11 is 0. The van der Waals surface area contributed by atoms with Crippen molar-refractivity contribution in [2.45, 2.75) is 37.4 Å². The molecule has 0 radical (unpaired) electrons. The van der Waals surface area contributed by atoms with Gasteiger partial charge in [-0.3, -0.25) is 5.41 Å². The van der Waals surface area contributed by atoms with Crippen molar-refractivity contribution in [3.8, 4) is 6.07 Å². The predicted octanol–water partition coefficient (Wildman–Crippen LogP) is 1.39. The summed E-state index contributed by atoms with van der Waals surface area (Å²) in [4.78, 5) is -0.524. The molecule has 0 aromatic carbocycles. The van der Waals surface area contributed by atoms with Gasteiger partial charge in [0, 0.05) is 5.87 Å². The third kappa shape index (κ3) is 2.03. The maximum absolute atomic E-state index is 11.7. The van der Waals surface area contributed by atoms with E-state index in [4.69, 9.17) is 10.7 Å². The number of nitrogens with zero attached hydrogens (tertiary/aromatic N) is 1. The standard InChI is InChI=1S/C9H12N2O2S/c10-6-9(7-11)14(12,13)8-4-2-1-3-5-8/h8,10H,1-5H2. The van der Waals surface area contributed by atoms with Crippen LogP contribution in [0.2, 0.25) is 0 Å². The molecule has 1 aliphatic carbocycles. The van der Waals surface area contributed by atoms with Gasteiger partial charge in [0.05, 0.1) is 5.25 Å². The molecule has 0 heterocycles. The normalized spacial score (nSPS) is 18.2. The fraction of sp³-hybridized carbons (Fsp3) is 0.667. The van der Waals surface area contributed by atoms with Crippen molar-refractivity contribution in [2.24, 2.45) is 0 Å². The number of hydrogen-bond donors (Lipinski definition) is 1. The van der Waals surface area contributed by atoms with Crippen LogP contribution in [0, 0.1) is 16.7 Å². The van der Waals surface area contributed by atoms with Crippen molar-refractivity contribution in [1.82, 2.24) is 0 Å². The van der Waals surface area contributed by atoms with Crippen molar-refractivity contribution in [1.29, 1.82) is 10.7 Å². The van der Waals surface area contributed by atoms with Gasteiger partial charge in [-0.1, -0.05) is 19.3 Å². The molecule has 0 bridgehead atoms. The minimum absolute atomic E-state index is 0.469. The van der Waals surface area contributed by atoms with E-state index < -0.39 is 20.0 Å². The number of hydrogen-bond acceptors (Lipinski definition) is 4. The lowest BCUT2D eigenvalue weighted by Gasteiger charge is -2.20. The Bertz CT molecular complexity index is 393. The van der Waals surface area contributed by atoms with Crippen LogP contribution in [0.3, 0.4) is 0 Å². The van der Waals surface area contributed by atoms with Gasteiger partial charge in [0.2, 0.25) is 4.91 Å². The van der Waals surface area contributed by atoms with E-state index in [1.807, 2.05) is 0 Å². The fourth-order valence-electron chi connectivity index (χ4n) is 1.70. The van der Waals surface area contributed by atoms with Crippen LogP contribution >= 0.6 is 0 Å². The van der Waals surface area contributed by atoms with Gasteiger partial charge in [0.15, 0.2) is 9.84 Å². The van der Waals surface area contributed by atoms with Crippen LogP contribution in [0.25, 0.3) is 0 Å². The molecule has 1 aliphatic rings. The first-order valence-electron chi connectivity index (χ1n) is 4.56. The van der Waals surface area contributed by atoms with Gasteiger partial charge in [-0.05, 0) is 12.8 Å². The minimum Gasteiger partial charge on any atom is -0.257 e. The lowest BCUT2D eigenvalue weighted by atomic mass is 10.0. The van der Waals surface area contributed by atoms with Gasteiger partial charge >= 0.3 is 0 Å². The molecule has 4 nitrogen and oxygen atoms in total. The average Bonchev–Trinajstić information content (AvgIpc) is 2.20. The summed E-state index contributed by atoms with van der Waals surface area (Å²) in [6, 6.07) is 1.52. The Hall–Kier alpha value is -1.11. The number of nitriles is 1. The molecule has 0 aliphatic heterocycles. The van der Waals surface area contributed by atoms with Crippen LogP contribution in [0.5, 0.6) is 0 Å². The highest BCUT2D eigenvalue weighted by molar-refractivity contribution is 7.96. The van der Waals surface area contributed by atoms with Crippen LogP contribution < -0.4 is 0 Å². The molecule has 0 aromatic heterocycles. The molecule has 0 aromatic rings. The first-order chi connectivity index (χ1) is 6.62. The lowest BCUT2D eigenvalue weighted by Crippen LogP contribution is -2.25. The molecule has 0 spiro atoms. The van der Waals surface area contributed by atoms with E-state index in [-0.39, 0.29) is 0 Å². The van der Waals surface area contributed by atoms with Crippen LogP contribution in [0.4, 0.5) is 0 Å². The molecule has 0 atom stereocenters. The van der Waals surface area contributed by atoms with Crippen LogP contribution in [-0.2, 0) is 9.84 Å². The highest BCUT2D eigenvalue weighted by Crippen LogP contribution is 2.26. The van der Waals surface area contributed by atoms with E-state index in [1.54, 1.807) is 5.87 Å². The predicted molar refractivity (Wildman–Crippen MR) is 52.6 cm³/mol. The zero-order valence-corrected chi connectivity index (χ0v) is 8.60.